The molecule has 2 aromatic rings. The summed E-state index contributed by atoms with van der Waals surface area (Å²) in [4.78, 5) is 4.66. The highest BCUT2D eigenvalue weighted by molar-refractivity contribution is 6.32. The largest absolute Gasteiger partial charge is 0.489 e. The van der Waals surface area contributed by atoms with Gasteiger partial charge in [-0.1, -0.05) is 41.9 Å². The van der Waals surface area contributed by atoms with E-state index in [-0.39, 0.29) is 6.61 Å². The van der Waals surface area contributed by atoms with Gasteiger partial charge in [0.25, 0.3) is 0 Å². The summed E-state index contributed by atoms with van der Waals surface area (Å²) in [5.74, 6) is 0.618. The lowest BCUT2D eigenvalue weighted by Crippen LogP contribution is -2.49. The van der Waals surface area contributed by atoms with Crippen molar-refractivity contribution in [1.29, 1.82) is 0 Å². The average molecular weight is 347 g/mol. The maximum absolute atomic E-state index is 10.2. The second-order valence-corrected chi connectivity index (χ2v) is 6.43. The minimum absolute atomic E-state index is 0.253. The molecule has 1 N–H and O–H groups in total. The second-order valence-electron chi connectivity index (χ2n) is 6.02. The molecule has 24 heavy (non-hydrogen) atoms. The molecule has 1 atom stereocenters. The third kappa shape index (κ3) is 4.63. The average Bonchev–Trinajstić information content (AvgIpc) is 2.62. The van der Waals surface area contributed by atoms with Crippen LogP contribution in [0, 0.1) is 0 Å². The Morgan fingerprint density at radius 1 is 0.958 bits per heavy atom. The van der Waals surface area contributed by atoms with Crippen LogP contribution in [0.25, 0.3) is 0 Å². The van der Waals surface area contributed by atoms with Crippen LogP contribution in [-0.4, -0.2) is 55.4 Å². The van der Waals surface area contributed by atoms with Crippen molar-refractivity contribution in [2.45, 2.75) is 6.10 Å². The van der Waals surface area contributed by atoms with Crippen molar-refractivity contribution in [1.82, 2.24) is 4.90 Å². The normalized spacial score (nSPS) is 16.8. The quantitative estimate of drug-likeness (QED) is 0.872. The number of β-amino-alcohol motifs (C(OH)–C–C–N with tert-alkyl or cyclic N) is 1. The smallest absolute Gasteiger partial charge is 0.138 e. The first-order valence-corrected chi connectivity index (χ1v) is 8.68. The summed E-state index contributed by atoms with van der Waals surface area (Å²) in [7, 11) is 0. The van der Waals surface area contributed by atoms with Crippen molar-refractivity contribution in [2.24, 2.45) is 0 Å². The molecule has 1 heterocycles. The van der Waals surface area contributed by atoms with Crippen LogP contribution in [0.1, 0.15) is 0 Å². The Bertz CT molecular complexity index is 630. The topological polar surface area (TPSA) is 35.9 Å². The predicted molar refractivity (Wildman–Crippen MR) is 98.0 cm³/mol. The second kappa shape index (κ2) is 8.38. The third-order valence-electron chi connectivity index (χ3n) is 4.23. The van der Waals surface area contributed by atoms with E-state index in [1.165, 1.54) is 5.69 Å². The van der Waals surface area contributed by atoms with Gasteiger partial charge in [0.05, 0.1) is 5.02 Å². The maximum atomic E-state index is 10.2. The van der Waals surface area contributed by atoms with Crippen LogP contribution in [0.4, 0.5) is 5.69 Å². The number of aliphatic hydroxyl groups is 1. The number of piperazine rings is 1. The van der Waals surface area contributed by atoms with Gasteiger partial charge in [-0.15, -0.1) is 0 Å². The Hall–Kier alpha value is -1.75. The molecule has 0 aliphatic carbocycles. The molecule has 4 nitrogen and oxygen atoms in total. The summed E-state index contributed by atoms with van der Waals surface area (Å²) in [6, 6.07) is 17.8. The molecule has 1 aliphatic rings. The summed E-state index contributed by atoms with van der Waals surface area (Å²) < 4.78 is 5.61. The summed E-state index contributed by atoms with van der Waals surface area (Å²) in [6.45, 7) is 4.70. The van der Waals surface area contributed by atoms with Crippen LogP contribution in [0.15, 0.2) is 54.6 Å². The highest BCUT2D eigenvalue weighted by Crippen LogP contribution is 2.23. The number of anilines is 1. The number of ether oxygens (including phenoxy) is 1. The van der Waals surface area contributed by atoms with Gasteiger partial charge < -0.3 is 14.7 Å². The first kappa shape index (κ1) is 17.1. The van der Waals surface area contributed by atoms with Crippen LogP contribution in [0.5, 0.6) is 5.75 Å². The number of para-hydroxylation sites is 2. The number of benzene rings is 2. The van der Waals surface area contributed by atoms with E-state index < -0.39 is 6.10 Å². The first-order valence-electron chi connectivity index (χ1n) is 8.30. The lowest BCUT2D eigenvalue weighted by Gasteiger charge is -2.36. The molecule has 0 spiro atoms. The Morgan fingerprint density at radius 2 is 1.62 bits per heavy atom. The third-order valence-corrected chi connectivity index (χ3v) is 4.54. The molecule has 1 fully saturated rings. The fraction of sp³-hybridized carbons (Fsp3) is 0.368. The SMILES string of the molecule is O[C@@H](COc1ccccc1Cl)CN1CCN(c2ccccc2)CC1. The molecule has 3 rings (SSSR count). The summed E-state index contributed by atoms with van der Waals surface area (Å²) in [6.07, 6.45) is -0.524. The van der Waals surface area contributed by atoms with Crippen molar-refractivity contribution in [3.8, 4) is 5.75 Å². The van der Waals surface area contributed by atoms with Crippen molar-refractivity contribution in [2.75, 3.05) is 44.2 Å². The van der Waals surface area contributed by atoms with Gasteiger partial charge in [0, 0.05) is 38.4 Å². The van der Waals surface area contributed by atoms with Gasteiger partial charge in [-0.05, 0) is 24.3 Å². The molecule has 0 bridgehead atoms. The van der Waals surface area contributed by atoms with Crippen LogP contribution in [-0.2, 0) is 0 Å². The summed E-state index contributed by atoms with van der Waals surface area (Å²) >= 11 is 6.05. The van der Waals surface area contributed by atoms with Gasteiger partial charge >= 0.3 is 0 Å². The van der Waals surface area contributed by atoms with Crippen molar-refractivity contribution >= 4 is 17.3 Å². The minimum atomic E-state index is -0.524. The van der Waals surface area contributed by atoms with E-state index in [0.29, 0.717) is 17.3 Å². The molecule has 1 aliphatic heterocycles. The first-order chi connectivity index (χ1) is 11.7. The Kier molecular flexibility index (Phi) is 5.96. The Balaban J connectivity index is 1.42. The molecule has 0 saturated carbocycles. The number of hydrogen-bond acceptors (Lipinski definition) is 4. The molecule has 0 amide bonds. The molecule has 2 aromatic carbocycles. The van der Waals surface area contributed by atoms with Crippen LogP contribution in [0.3, 0.4) is 0 Å². The zero-order chi connectivity index (χ0) is 16.8. The van der Waals surface area contributed by atoms with Gasteiger partial charge in [-0.2, -0.15) is 0 Å². The number of aliphatic hydroxyl groups excluding tert-OH is 1. The Morgan fingerprint density at radius 3 is 2.33 bits per heavy atom. The van der Waals surface area contributed by atoms with E-state index >= 15 is 0 Å². The fourth-order valence-electron chi connectivity index (χ4n) is 2.93. The highest BCUT2D eigenvalue weighted by atomic mass is 35.5. The van der Waals surface area contributed by atoms with E-state index in [2.05, 4.69) is 34.1 Å². The van der Waals surface area contributed by atoms with Gasteiger partial charge in [0.2, 0.25) is 0 Å². The van der Waals surface area contributed by atoms with Gasteiger partial charge in [0.15, 0.2) is 0 Å². The summed E-state index contributed by atoms with van der Waals surface area (Å²) in [5, 5.41) is 10.8. The molecular formula is C19H23ClN2O2. The number of halogens is 1. The van der Waals surface area contributed by atoms with Crippen LogP contribution in [0.2, 0.25) is 5.02 Å². The van der Waals surface area contributed by atoms with Gasteiger partial charge in [-0.3, -0.25) is 4.90 Å². The standard InChI is InChI=1S/C19H23ClN2O2/c20-18-8-4-5-9-19(18)24-15-17(23)14-21-10-12-22(13-11-21)16-6-2-1-3-7-16/h1-9,17,23H,10-15H2/t17-/m1/s1. The number of hydrogen-bond donors (Lipinski definition) is 1. The fourth-order valence-corrected chi connectivity index (χ4v) is 3.12. The maximum Gasteiger partial charge on any atom is 0.138 e. The van der Waals surface area contributed by atoms with Crippen molar-refractivity contribution < 1.29 is 9.84 Å². The minimum Gasteiger partial charge on any atom is -0.489 e. The van der Waals surface area contributed by atoms with Crippen molar-refractivity contribution in [3.63, 3.8) is 0 Å². The van der Waals surface area contributed by atoms with E-state index in [4.69, 9.17) is 16.3 Å². The molecule has 128 valence electrons. The monoisotopic (exact) mass is 346 g/mol. The zero-order valence-electron chi connectivity index (χ0n) is 13.6. The van der Waals surface area contributed by atoms with E-state index in [9.17, 15) is 5.11 Å². The molecule has 0 unspecified atom stereocenters. The number of rotatable bonds is 6. The Labute approximate surface area is 148 Å². The molecule has 1 saturated heterocycles. The van der Waals surface area contributed by atoms with Crippen LogP contribution < -0.4 is 9.64 Å². The number of nitrogens with zero attached hydrogens (tertiary/aromatic N) is 2. The highest BCUT2D eigenvalue weighted by Gasteiger charge is 2.19. The van der Waals surface area contributed by atoms with Gasteiger partial charge in [0.1, 0.15) is 18.5 Å². The van der Waals surface area contributed by atoms with Gasteiger partial charge in [-0.25, -0.2) is 0 Å². The van der Waals surface area contributed by atoms with E-state index in [0.717, 1.165) is 26.2 Å². The van der Waals surface area contributed by atoms with Crippen LogP contribution >= 0.6 is 11.6 Å². The molecule has 0 radical (unpaired) electrons. The molecule has 0 aromatic heterocycles. The molecule has 5 heteroatoms. The summed E-state index contributed by atoms with van der Waals surface area (Å²) in [5.41, 5.74) is 1.26. The van der Waals surface area contributed by atoms with Crippen molar-refractivity contribution in [3.05, 3.63) is 59.6 Å². The van der Waals surface area contributed by atoms with E-state index in [1.54, 1.807) is 6.07 Å². The van der Waals surface area contributed by atoms with E-state index in [1.807, 2.05) is 24.3 Å². The lowest BCUT2D eigenvalue weighted by molar-refractivity contribution is 0.0663. The zero-order valence-corrected chi connectivity index (χ0v) is 14.4. The predicted octanol–water partition coefficient (Wildman–Crippen LogP) is 2.90. The lowest BCUT2D eigenvalue weighted by atomic mass is 10.2. The molecular weight excluding hydrogens is 324 g/mol.